The Hall–Kier alpha value is -2.09. The predicted molar refractivity (Wildman–Crippen MR) is 78.6 cm³/mol. The maximum atomic E-state index is 13.1. The van der Waals surface area contributed by atoms with Crippen molar-refractivity contribution >= 4 is 11.6 Å². The van der Waals surface area contributed by atoms with Crippen LogP contribution in [0.1, 0.15) is 17.5 Å². The lowest BCUT2D eigenvalue weighted by molar-refractivity contribution is 0.304. The first kappa shape index (κ1) is 15.3. The van der Waals surface area contributed by atoms with E-state index in [9.17, 15) is 4.39 Å². The van der Waals surface area contributed by atoms with Crippen LogP contribution in [0.5, 0.6) is 5.75 Å². The smallest absolute Gasteiger partial charge is 0.139 e. The van der Waals surface area contributed by atoms with Crippen LogP contribution in [0.3, 0.4) is 0 Å². The van der Waals surface area contributed by atoms with Gasteiger partial charge >= 0.3 is 0 Å². The van der Waals surface area contributed by atoms with Crippen LogP contribution in [0.25, 0.3) is 0 Å². The Bertz CT molecular complexity index is 679. The molecular formula is C16H13ClFNO2. The number of nitrogens with zero attached hydrogens (tertiary/aromatic N) is 1. The second-order valence-electron chi connectivity index (χ2n) is 4.21. The SMILES string of the molecule is OCCC#Cc1cncc(OCc2cc(F)ccc2Cl)c1. The van der Waals surface area contributed by atoms with E-state index in [-0.39, 0.29) is 19.0 Å². The van der Waals surface area contributed by atoms with Gasteiger partial charge in [0, 0.05) is 28.8 Å². The summed E-state index contributed by atoms with van der Waals surface area (Å²) < 4.78 is 18.7. The molecule has 0 aliphatic rings. The third kappa shape index (κ3) is 4.75. The highest BCUT2D eigenvalue weighted by atomic mass is 35.5. The van der Waals surface area contributed by atoms with E-state index in [1.165, 1.54) is 18.2 Å². The molecule has 0 radical (unpaired) electrons. The summed E-state index contributed by atoms with van der Waals surface area (Å²) in [4.78, 5) is 4.02. The van der Waals surface area contributed by atoms with Gasteiger partial charge in [-0.15, -0.1) is 0 Å². The van der Waals surface area contributed by atoms with Crippen LogP contribution < -0.4 is 4.74 Å². The molecule has 2 rings (SSSR count). The molecule has 0 saturated carbocycles. The van der Waals surface area contributed by atoms with Gasteiger partial charge in [0.15, 0.2) is 0 Å². The van der Waals surface area contributed by atoms with Gasteiger partial charge in [-0.1, -0.05) is 23.4 Å². The molecule has 0 aliphatic heterocycles. The molecule has 21 heavy (non-hydrogen) atoms. The maximum Gasteiger partial charge on any atom is 0.139 e. The van der Waals surface area contributed by atoms with Gasteiger partial charge in [0.25, 0.3) is 0 Å². The van der Waals surface area contributed by atoms with E-state index in [1.54, 1.807) is 18.5 Å². The lowest BCUT2D eigenvalue weighted by Gasteiger charge is -2.07. The topological polar surface area (TPSA) is 42.4 Å². The van der Waals surface area contributed by atoms with Crippen molar-refractivity contribution in [3.63, 3.8) is 0 Å². The Morgan fingerprint density at radius 1 is 1.29 bits per heavy atom. The fourth-order valence-electron chi connectivity index (χ4n) is 1.60. The van der Waals surface area contributed by atoms with Crippen LogP contribution in [0.2, 0.25) is 5.02 Å². The second kappa shape index (κ2) is 7.63. The fourth-order valence-corrected chi connectivity index (χ4v) is 1.77. The van der Waals surface area contributed by atoms with Crippen LogP contribution in [0.15, 0.2) is 36.7 Å². The largest absolute Gasteiger partial charge is 0.487 e. The number of halogens is 2. The average molecular weight is 306 g/mol. The first-order chi connectivity index (χ1) is 10.2. The summed E-state index contributed by atoms with van der Waals surface area (Å²) in [5, 5.41) is 9.12. The minimum atomic E-state index is -0.361. The number of rotatable bonds is 4. The molecule has 0 aliphatic carbocycles. The first-order valence-corrected chi connectivity index (χ1v) is 6.68. The van der Waals surface area contributed by atoms with Crippen LogP contribution in [0, 0.1) is 17.7 Å². The van der Waals surface area contributed by atoms with E-state index in [2.05, 4.69) is 16.8 Å². The Balaban J connectivity index is 2.05. The van der Waals surface area contributed by atoms with Crippen LogP contribution >= 0.6 is 11.6 Å². The number of hydrogen-bond acceptors (Lipinski definition) is 3. The van der Waals surface area contributed by atoms with E-state index in [1.807, 2.05) is 0 Å². The predicted octanol–water partition coefficient (Wildman–Crippen LogP) is 3.19. The summed E-state index contributed by atoms with van der Waals surface area (Å²) in [6.07, 6.45) is 3.56. The molecule has 1 heterocycles. The first-order valence-electron chi connectivity index (χ1n) is 6.30. The molecule has 1 aromatic heterocycles. The monoisotopic (exact) mass is 305 g/mol. The van der Waals surface area contributed by atoms with Crippen molar-refractivity contribution in [1.82, 2.24) is 4.98 Å². The van der Waals surface area contributed by atoms with E-state index >= 15 is 0 Å². The van der Waals surface area contributed by atoms with Crippen molar-refractivity contribution < 1.29 is 14.2 Å². The van der Waals surface area contributed by atoms with Crippen molar-refractivity contribution in [1.29, 1.82) is 0 Å². The number of hydrogen-bond donors (Lipinski definition) is 1. The molecule has 0 unspecified atom stereocenters. The lowest BCUT2D eigenvalue weighted by Crippen LogP contribution is -1.98. The van der Waals surface area contributed by atoms with Gasteiger partial charge in [-0.05, 0) is 24.3 Å². The standard InChI is InChI=1S/C16H13ClFNO2/c17-16-5-4-14(18)8-13(16)11-21-15-7-12(9-19-10-15)3-1-2-6-20/h4-5,7-10,20H,2,6,11H2. The zero-order valence-electron chi connectivity index (χ0n) is 11.1. The van der Waals surface area contributed by atoms with E-state index in [4.69, 9.17) is 21.4 Å². The highest BCUT2D eigenvalue weighted by molar-refractivity contribution is 6.31. The van der Waals surface area contributed by atoms with Crippen molar-refractivity contribution in [2.45, 2.75) is 13.0 Å². The minimum Gasteiger partial charge on any atom is -0.487 e. The Kier molecular flexibility index (Phi) is 5.56. The van der Waals surface area contributed by atoms with Crippen LogP contribution in [0.4, 0.5) is 4.39 Å². The number of benzene rings is 1. The third-order valence-electron chi connectivity index (χ3n) is 2.58. The molecule has 3 nitrogen and oxygen atoms in total. The zero-order chi connectivity index (χ0) is 15.1. The number of pyridine rings is 1. The highest BCUT2D eigenvalue weighted by Gasteiger charge is 2.04. The minimum absolute atomic E-state index is 0.0225. The Morgan fingerprint density at radius 2 is 2.14 bits per heavy atom. The number of aromatic nitrogens is 1. The molecule has 0 spiro atoms. The van der Waals surface area contributed by atoms with Crippen LogP contribution in [-0.2, 0) is 6.61 Å². The second-order valence-corrected chi connectivity index (χ2v) is 4.62. The molecule has 108 valence electrons. The van der Waals surface area contributed by atoms with E-state index in [0.717, 1.165) is 0 Å². The summed E-state index contributed by atoms with van der Waals surface area (Å²) in [7, 11) is 0. The van der Waals surface area contributed by atoms with E-state index in [0.29, 0.717) is 28.3 Å². The van der Waals surface area contributed by atoms with Crippen molar-refractivity contribution in [2.75, 3.05) is 6.61 Å². The van der Waals surface area contributed by atoms with Gasteiger partial charge in [-0.2, -0.15) is 0 Å². The number of ether oxygens (including phenoxy) is 1. The van der Waals surface area contributed by atoms with Crippen molar-refractivity contribution in [3.8, 4) is 17.6 Å². The van der Waals surface area contributed by atoms with Crippen molar-refractivity contribution in [2.24, 2.45) is 0 Å². The molecule has 1 N–H and O–H groups in total. The lowest BCUT2D eigenvalue weighted by atomic mass is 10.2. The highest BCUT2D eigenvalue weighted by Crippen LogP contribution is 2.20. The van der Waals surface area contributed by atoms with Gasteiger partial charge in [0.05, 0.1) is 12.8 Å². The van der Waals surface area contributed by atoms with Gasteiger partial charge in [0.2, 0.25) is 0 Å². The molecule has 0 fully saturated rings. The Morgan fingerprint density at radius 3 is 2.95 bits per heavy atom. The zero-order valence-corrected chi connectivity index (χ0v) is 11.9. The normalized spacial score (nSPS) is 9.86. The molecule has 0 bridgehead atoms. The molecule has 1 aromatic carbocycles. The fraction of sp³-hybridized carbons (Fsp3) is 0.188. The van der Waals surface area contributed by atoms with Gasteiger partial charge < -0.3 is 9.84 Å². The molecular weight excluding hydrogens is 293 g/mol. The Labute approximate surface area is 127 Å². The van der Waals surface area contributed by atoms with Gasteiger partial charge in [-0.25, -0.2) is 4.39 Å². The molecule has 2 aromatic rings. The number of aliphatic hydroxyl groups is 1. The summed E-state index contributed by atoms with van der Waals surface area (Å²) in [6, 6.07) is 5.85. The summed E-state index contributed by atoms with van der Waals surface area (Å²) in [5.41, 5.74) is 1.25. The summed E-state index contributed by atoms with van der Waals surface area (Å²) in [5.74, 6) is 5.83. The van der Waals surface area contributed by atoms with Crippen molar-refractivity contribution in [3.05, 3.63) is 58.6 Å². The summed E-state index contributed by atoms with van der Waals surface area (Å²) in [6.45, 7) is 0.167. The molecule has 0 atom stereocenters. The number of aliphatic hydroxyl groups excluding tert-OH is 1. The molecule has 0 saturated heterocycles. The molecule has 5 heteroatoms. The maximum absolute atomic E-state index is 13.1. The van der Waals surface area contributed by atoms with Gasteiger partial charge in [-0.3, -0.25) is 4.98 Å². The van der Waals surface area contributed by atoms with Crippen LogP contribution in [-0.4, -0.2) is 16.7 Å². The van der Waals surface area contributed by atoms with E-state index < -0.39 is 0 Å². The molecule has 0 amide bonds. The third-order valence-corrected chi connectivity index (χ3v) is 2.95. The van der Waals surface area contributed by atoms with Gasteiger partial charge in [0.1, 0.15) is 18.2 Å². The average Bonchev–Trinajstić information content (AvgIpc) is 2.49. The summed E-state index contributed by atoms with van der Waals surface area (Å²) >= 11 is 5.97. The quantitative estimate of drug-likeness (QED) is 0.882.